The van der Waals surface area contributed by atoms with Crippen molar-refractivity contribution < 1.29 is 19.1 Å². The zero-order valence-electron chi connectivity index (χ0n) is 14.7. The van der Waals surface area contributed by atoms with Gasteiger partial charge in [0.15, 0.2) is 5.78 Å². The minimum Gasteiger partial charge on any atom is -0.399 e. The van der Waals surface area contributed by atoms with Crippen LogP contribution in [0.15, 0.2) is 24.3 Å². The maximum atomic E-state index is 12.6. The van der Waals surface area contributed by atoms with Crippen molar-refractivity contribution >= 4 is 23.3 Å². The number of benzene rings is 1. The fraction of sp³-hybridized carbons (Fsp3) is 0.500. The predicted octanol–water partition coefficient (Wildman–Crippen LogP) is 0.886. The minimum absolute atomic E-state index is 0.00123. The Labute approximate surface area is 147 Å². The molecule has 1 aromatic carbocycles. The fourth-order valence-electron chi connectivity index (χ4n) is 2.69. The van der Waals surface area contributed by atoms with Crippen LogP contribution in [0.1, 0.15) is 37.6 Å². The molecule has 25 heavy (non-hydrogen) atoms. The summed E-state index contributed by atoms with van der Waals surface area (Å²) in [5.74, 6) is -0.708. The van der Waals surface area contributed by atoms with E-state index in [1.807, 2.05) is 13.8 Å². The highest BCUT2D eigenvalue weighted by atomic mass is 16.5. The van der Waals surface area contributed by atoms with E-state index in [1.165, 1.54) is 0 Å². The smallest absolute Gasteiger partial charge is 0.251 e. The van der Waals surface area contributed by atoms with Crippen molar-refractivity contribution in [3.05, 3.63) is 29.8 Å². The molecule has 136 valence electrons. The van der Waals surface area contributed by atoms with Gasteiger partial charge in [0, 0.05) is 11.3 Å². The van der Waals surface area contributed by atoms with Crippen molar-refractivity contribution in [1.82, 2.24) is 10.6 Å². The molecule has 7 heteroatoms. The molecule has 0 spiro atoms. The number of nitrogens with one attached hydrogen (secondary N) is 2. The molecule has 1 unspecified atom stereocenters. The number of nitrogens with two attached hydrogens (primary N) is 1. The van der Waals surface area contributed by atoms with Gasteiger partial charge in [-0.3, -0.25) is 14.4 Å². The van der Waals surface area contributed by atoms with E-state index in [-0.39, 0.29) is 36.2 Å². The largest absolute Gasteiger partial charge is 0.399 e. The summed E-state index contributed by atoms with van der Waals surface area (Å²) in [4.78, 5) is 36.8. The van der Waals surface area contributed by atoms with E-state index >= 15 is 0 Å². The van der Waals surface area contributed by atoms with Gasteiger partial charge in [-0.25, -0.2) is 0 Å². The van der Waals surface area contributed by atoms with Crippen LogP contribution in [0.25, 0.3) is 0 Å². The molecule has 2 rings (SSSR count). The van der Waals surface area contributed by atoms with Crippen LogP contribution in [-0.2, 0) is 14.3 Å². The topological polar surface area (TPSA) is 111 Å². The van der Waals surface area contributed by atoms with Crippen LogP contribution < -0.4 is 16.4 Å². The van der Waals surface area contributed by atoms with Gasteiger partial charge in [0.05, 0.1) is 6.10 Å². The van der Waals surface area contributed by atoms with Crippen LogP contribution in [-0.4, -0.2) is 42.4 Å². The third kappa shape index (κ3) is 5.03. The lowest BCUT2D eigenvalue weighted by atomic mass is 10.0. The predicted molar refractivity (Wildman–Crippen MR) is 93.9 cm³/mol. The number of hydrogen-bond acceptors (Lipinski definition) is 5. The molecule has 0 aliphatic carbocycles. The zero-order valence-corrected chi connectivity index (χ0v) is 14.7. The van der Waals surface area contributed by atoms with Crippen LogP contribution in [0.5, 0.6) is 0 Å². The molecule has 1 fully saturated rings. The maximum Gasteiger partial charge on any atom is 0.251 e. The highest BCUT2D eigenvalue weighted by molar-refractivity contribution is 5.99. The van der Waals surface area contributed by atoms with E-state index < -0.39 is 12.1 Å². The van der Waals surface area contributed by atoms with Gasteiger partial charge in [-0.2, -0.15) is 0 Å². The number of carbonyl (C=O) groups is 3. The van der Waals surface area contributed by atoms with E-state index in [0.717, 1.165) is 0 Å². The van der Waals surface area contributed by atoms with Gasteiger partial charge in [-0.15, -0.1) is 0 Å². The quantitative estimate of drug-likeness (QED) is 0.662. The highest BCUT2D eigenvalue weighted by Crippen LogP contribution is 2.12. The molecule has 1 heterocycles. The Balaban J connectivity index is 2.06. The van der Waals surface area contributed by atoms with Crippen molar-refractivity contribution in [2.24, 2.45) is 5.92 Å². The molecule has 1 saturated heterocycles. The van der Waals surface area contributed by atoms with Crippen molar-refractivity contribution in [1.29, 1.82) is 0 Å². The molecule has 0 aromatic heterocycles. The summed E-state index contributed by atoms with van der Waals surface area (Å²) in [6, 6.07) is 5.06. The summed E-state index contributed by atoms with van der Waals surface area (Å²) >= 11 is 0. The van der Waals surface area contributed by atoms with Crippen LogP contribution in [0.3, 0.4) is 0 Å². The SMILES string of the molecule is CC(C)CC(NC(=O)c1ccc(N)cc1)C(=O)N[C@@H]1C(=O)CO[C@@H]1C. The average Bonchev–Trinajstić information content (AvgIpc) is 2.86. The highest BCUT2D eigenvalue weighted by Gasteiger charge is 2.35. The summed E-state index contributed by atoms with van der Waals surface area (Å²) in [5, 5.41) is 5.45. The Morgan fingerprint density at radius 1 is 1.28 bits per heavy atom. The number of nitrogen functional groups attached to an aromatic ring is 1. The minimum atomic E-state index is -0.731. The molecule has 0 saturated carbocycles. The number of Topliss-reactive ketones (excluding diaryl/α,β-unsaturated/α-hetero) is 1. The first-order valence-corrected chi connectivity index (χ1v) is 8.39. The third-order valence-corrected chi connectivity index (χ3v) is 4.10. The Morgan fingerprint density at radius 2 is 1.92 bits per heavy atom. The lowest BCUT2D eigenvalue weighted by Crippen LogP contribution is -2.53. The number of hydrogen-bond donors (Lipinski definition) is 3. The van der Waals surface area contributed by atoms with E-state index in [4.69, 9.17) is 10.5 Å². The van der Waals surface area contributed by atoms with Crippen molar-refractivity contribution in [3.8, 4) is 0 Å². The average molecular weight is 347 g/mol. The summed E-state index contributed by atoms with van der Waals surface area (Å²) in [6.07, 6.45) is 0.0897. The third-order valence-electron chi connectivity index (χ3n) is 4.10. The van der Waals surface area contributed by atoms with Crippen molar-refractivity contribution in [2.75, 3.05) is 12.3 Å². The van der Waals surface area contributed by atoms with Gasteiger partial charge in [-0.1, -0.05) is 13.8 Å². The van der Waals surface area contributed by atoms with Gasteiger partial charge in [0.2, 0.25) is 5.91 Å². The molecule has 0 radical (unpaired) electrons. The first-order chi connectivity index (χ1) is 11.8. The van der Waals surface area contributed by atoms with Gasteiger partial charge in [0.1, 0.15) is 18.7 Å². The molecule has 1 aliphatic rings. The van der Waals surface area contributed by atoms with Crippen LogP contribution in [0.4, 0.5) is 5.69 Å². The first kappa shape index (κ1) is 18.9. The zero-order chi connectivity index (χ0) is 18.6. The maximum absolute atomic E-state index is 12.6. The summed E-state index contributed by atoms with van der Waals surface area (Å²) in [6.45, 7) is 5.66. The Morgan fingerprint density at radius 3 is 2.44 bits per heavy atom. The molecule has 2 amide bonds. The standard InChI is InChI=1S/C18H25N3O4/c1-10(2)8-14(18(24)21-16-11(3)25-9-15(16)22)20-17(23)12-4-6-13(19)7-5-12/h4-7,10-11,14,16H,8-9,19H2,1-3H3,(H,20,23)(H,21,24)/t11-,14?,16+/m1/s1. The molecule has 1 aliphatic heterocycles. The van der Waals surface area contributed by atoms with E-state index in [2.05, 4.69) is 10.6 Å². The summed E-state index contributed by atoms with van der Waals surface area (Å²) in [5.41, 5.74) is 6.60. The van der Waals surface area contributed by atoms with Crippen LogP contribution in [0, 0.1) is 5.92 Å². The fourth-order valence-corrected chi connectivity index (χ4v) is 2.69. The number of carbonyl (C=O) groups excluding carboxylic acids is 3. The van der Waals surface area contributed by atoms with Gasteiger partial charge < -0.3 is 21.1 Å². The Kier molecular flexibility index (Phi) is 6.14. The number of ether oxygens (including phenoxy) is 1. The lowest BCUT2D eigenvalue weighted by molar-refractivity contribution is -0.127. The van der Waals surface area contributed by atoms with E-state index in [1.54, 1.807) is 31.2 Å². The summed E-state index contributed by atoms with van der Waals surface area (Å²) < 4.78 is 5.24. The second-order valence-electron chi connectivity index (χ2n) is 6.75. The molecular weight excluding hydrogens is 322 g/mol. The Bertz CT molecular complexity index is 642. The van der Waals surface area contributed by atoms with E-state index in [0.29, 0.717) is 17.7 Å². The number of ketones is 1. The van der Waals surface area contributed by atoms with Crippen molar-refractivity contribution in [3.63, 3.8) is 0 Å². The van der Waals surface area contributed by atoms with Crippen molar-refractivity contribution in [2.45, 2.75) is 45.4 Å². The second kappa shape index (κ2) is 8.11. The lowest BCUT2D eigenvalue weighted by Gasteiger charge is -2.23. The monoisotopic (exact) mass is 347 g/mol. The molecule has 7 nitrogen and oxygen atoms in total. The van der Waals surface area contributed by atoms with Crippen LogP contribution >= 0.6 is 0 Å². The van der Waals surface area contributed by atoms with E-state index in [9.17, 15) is 14.4 Å². The second-order valence-corrected chi connectivity index (χ2v) is 6.75. The van der Waals surface area contributed by atoms with Gasteiger partial charge in [0.25, 0.3) is 5.91 Å². The van der Waals surface area contributed by atoms with Gasteiger partial charge in [-0.05, 0) is 43.5 Å². The number of amides is 2. The summed E-state index contributed by atoms with van der Waals surface area (Å²) in [7, 11) is 0. The van der Waals surface area contributed by atoms with Gasteiger partial charge >= 0.3 is 0 Å². The molecule has 0 bridgehead atoms. The molecule has 4 N–H and O–H groups in total. The van der Waals surface area contributed by atoms with Crippen LogP contribution in [0.2, 0.25) is 0 Å². The first-order valence-electron chi connectivity index (χ1n) is 8.39. The molecular formula is C18H25N3O4. The molecule has 1 aromatic rings. The molecule has 3 atom stereocenters. The normalized spacial score (nSPS) is 21.2. The number of rotatable bonds is 6. The Hall–Kier alpha value is -2.41. The number of anilines is 1.